The molecular weight excluding hydrogens is 294 g/mol. The Kier molecular flexibility index (Phi) is 3.20. The molecule has 1 heterocycles. The molecule has 102 valence electrons. The quantitative estimate of drug-likeness (QED) is 0.943. The molecule has 0 radical (unpaired) electrons. The average Bonchev–Trinajstić information content (AvgIpc) is 2.99. The van der Waals surface area contributed by atoms with Gasteiger partial charge in [-0.05, 0) is 31.4 Å². The molecule has 1 aliphatic rings. The summed E-state index contributed by atoms with van der Waals surface area (Å²) in [6.45, 7) is 0. The largest absolute Gasteiger partial charge is 0.264 e. The van der Waals surface area contributed by atoms with E-state index in [0.29, 0.717) is 5.13 Å². The van der Waals surface area contributed by atoms with E-state index in [-0.39, 0.29) is 10.5 Å². The zero-order valence-electron chi connectivity index (χ0n) is 10.5. The minimum absolute atomic E-state index is 0.0159. The summed E-state index contributed by atoms with van der Waals surface area (Å²) in [6.07, 6.45) is 2.95. The van der Waals surface area contributed by atoms with E-state index in [0.717, 1.165) is 29.8 Å². The molecule has 0 aliphatic heterocycles. The fourth-order valence-corrected chi connectivity index (χ4v) is 4.64. The predicted octanol–water partition coefficient (Wildman–Crippen LogP) is 2.30. The third kappa shape index (κ3) is 2.28. The summed E-state index contributed by atoms with van der Waals surface area (Å²) in [5.41, 5.74) is 1.12. The van der Waals surface area contributed by atoms with Crippen LogP contribution in [-0.4, -0.2) is 13.4 Å². The Bertz CT molecular complexity index is 782. The van der Waals surface area contributed by atoms with Gasteiger partial charge in [-0.15, -0.1) is 11.3 Å². The number of anilines is 1. The van der Waals surface area contributed by atoms with Gasteiger partial charge in [0.15, 0.2) is 5.13 Å². The maximum absolute atomic E-state index is 12.3. The summed E-state index contributed by atoms with van der Waals surface area (Å²) in [4.78, 5) is 5.44. The number of fused-ring (bicyclic) bond motifs is 1. The van der Waals surface area contributed by atoms with Crippen molar-refractivity contribution in [2.45, 2.75) is 24.2 Å². The SMILES string of the molecule is N#Cc1ccccc1S(=O)(=O)Nc1nc2c(s1)CCC2. The van der Waals surface area contributed by atoms with E-state index < -0.39 is 10.0 Å². The molecule has 1 aromatic carbocycles. The van der Waals surface area contributed by atoms with E-state index in [1.54, 1.807) is 12.1 Å². The third-order valence-electron chi connectivity index (χ3n) is 3.11. The molecule has 2 aromatic rings. The monoisotopic (exact) mass is 305 g/mol. The summed E-state index contributed by atoms with van der Waals surface area (Å²) in [6, 6.07) is 8.02. The summed E-state index contributed by atoms with van der Waals surface area (Å²) in [5, 5.41) is 9.37. The summed E-state index contributed by atoms with van der Waals surface area (Å²) >= 11 is 1.37. The normalized spacial score (nSPS) is 13.8. The lowest BCUT2D eigenvalue weighted by atomic mass is 10.2. The van der Waals surface area contributed by atoms with Gasteiger partial charge in [0.1, 0.15) is 11.0 Å². The zero-order valence-corrected chi connectivity index (χ0v) is 12.1. The van der Waals surface area contributed by atoms with Crippen LogP contribution in [0.5, 0.6) is 0 Å². The average molecular weight is 305 g/mol. The van der Waals surface area contributed by atoms with Gasteiger partial charge in [0, 0.05) is 4.88 Å². The van der Waals surface area contributed by atoms with Crippen LogP contribution < -0.4 is 4.72 Å². The van der Waals surface area contributed by atoms with Gasteiger partial charge in [0.25, 0.3) is 10.0 Å². The molecular formula is C13H11N3O2S2. The maximum Gasteiger partial charge on any atom is 0.264 e. The minimum Gasteiger partial charge on any atom is -0.255 e. The van der Waals surface area contributed by atoms with E-state index in [1.165, 1.54) is 23.5 Å². The highest BCUT2D eigenvalue weighted by Crippen LogP contribution is 2.31. The first kappa shape index (κ1) is 13.1. The lowest BCUT2D eigenvalue weighted by molar-refractivity contribution is 0.601. The van der Waals surface area contributed by atoms with Crippen LogP contribution in [-0.2, 0) is 22.9 Å². The van der Waals surface area contributed by atoms with Crippen LogP contribution in [0.4, 0.5) is 5.13 Å². The van der Waals surface area contributed by atoms with Crippen molar-refractivity contribution in [3.8, 4) is 6.07 Å². The number of benzene rings is 1. The molecule has 0 fully saturated rings. The molecule has 5 nitrogen and oxygen atoms in total. The second-order valence-corrected chi connectivity index (χ2v) is 7.19. The van der Waals surface area contributed by atoms with Crippen LogP contribution in [0.15, 0.2) is 29.2 Å². The van der Waals surface area contributed by atoms with Crippen LogP contribution in [0.1, 0.15) is 22.6 Å². The number of hydrogen-bond donors (Lipinski definition) is 1. The summed E-state index contributed by atoms with van der Waals surface area (Å²) in [7, 11) is -3.77. The predicted molar refractivity (Wildman–Crippen MR) is 76.1 cm³/mol. The molecule has 0 saturated heterocycles. The number of rotatable bonds is 3. The van der Waals surface area contributed by atoms with Crippen molar-refractivity contribution >= 4 is 26.5 Å². The first-order chi connectivity index (χ1) is 9.60. The van der Waals surface area contributed by atoms with Crippen molar-refractivity contribution in [1.29, 1.82) is 5.26 Å². The summed E-state index contributed by atoms with van der Waals surface area (Å²) in [5.74, 6) is 0. The Labute approximate surface area is 121 Å². The highest BCUT2D eigenvalue weighted by atomic mass is 32.2. The van der Waals surface area contributed by atoms with Crippen molar-refractivity contribution in [1.82, 2.24) is 4.98 Å². The molecule has 1 aromatic heterocycles. The lowest BCUT2D eigenvalue weighted by Gasteiger charge is -2.06. The van der Waals surface area contributed by atoms with Crippen molar-refractivity contribution in [2.24, 2.45) is 0 Å². The number of aryl methyl sites for hydroxylation is 2. The van der Waals surface area contributed by atoms with E-state index in [1.807, 2.05) is 6.07 Å². The molecule has 20 heavy (non-hydrogen) atoms. The van der Waals surface area contributed by atoms with Crippen molar-refractivity contribution in [2.75, 3.05) is 4.72 Å². The smallest absolute Gasteiger partial charge is 0.255 e. The topological polar surface area (TPSA) is 82.8 Å². The Morgan fingerprint density at radius 2 is 2.10 bits per heavy atom. The van der Waals surface area contributed by atoms with Gasteiger partial charge in [-0.3, -0.25) is 4.72 Å². The van der Waals surface area contributed by atoms with Crippen LogP contribution in [0.25, 0.3) is 0 Å². The standard InChI is InChI=1S/C13H11N3O2S2/c14-8-9-4-1-2-7-12(9)20(17,18)16-13-15-10-5-3-6-11(10)19-13/h1-2,4,7H,3,5-6H2,(H,15,16). The fourth-order valence-electron chi connectivity index (χ4n) is 2.20. The first-order valence-electron chi connectivity index (χ1n) is 6.11. The van der Waals surface area contributed by atoms with E-state index >= 15 is 0 Å². The maximum atomic E-state index is 12.3. The number of aromatic nitrogens is 1. The Morgan fingerprint density at radius 3 is 2.85 bits per heavy atom. The molecule has 7 heteroatoms. The number of nitrogens with one attached hydrogen (secondary N) is 1. The van der Waals surface area contributed by atoms with E-state index in [9.17, 15) is 8.42 Å². The van der Waals surface area contributed by atoms with E-state index in [4.69, 9.17) is 5.26 Å². The zero-order chi connectivity index (χ0) is 14.2. The third-order valence-corrected chi connectivity index (χ3v) is 5.71. The van der Waals surface area contributed by atoms with Gasteiger partial charge in [0.2, 0.25) is 0 Å². The molecule has 3 rings (SSSR count). The molecule has 0 spiro atoms. The van der Waals surface area contributed by atoms with Gasteiger partial charge >= 0.3 is 0 Å². The number of sulfonamides is 1. The van der Waals surface area contributed by atoms with Gasteiger partial charge in [-0.2, -0.15) is 5.26 Å². The van der Waals surface area contributed by atoms with Gasteiger partial charge in [-0.25, -0.2) is 13.4 Å². The van der Waals surface area contributed by atoms with Crippen LogP contribution in [0.3, 0.4) is 0 Å². The van der Waals surface area contributed by atoms with Crippen molar-refractivity contribution < 1.29 is 8.42 Å². The Morgan fingerprint density at radius 1 is 1.30 bits per heavy atom. The second-order valence-electron chi connectivity index (χ2n) is 4.46. The van der Waals surface area contributed by atoms with Crippen LogP contribution in [0.2, 0.25) is 0 Å². The van der Waals surface area contributed by atoms with Crippen LogP contribution in [0, 0.1) is 11.3 Å². The van der Waals surface area contributed by atoms with Crippen LogP contribution >= 0.6 is 11.3 Å². The van der Waals surface area contributed by atoms with Gasteiger partial charge in [-0.1, -0.05) is 12.1 Å². The van der Waals surface area contributed by atoms with Gasteiger partial charge in [0.05, 0.1) is 11.3 Å². The molecule has 0 atom stereocenters. The molecule has 1 aliphatic carbocycles. The van der Waals surface area contributed by atoms with Crippen molar-refractivity contribution in [3.05, 3.63) is 40.4 Å². The molecule has 0 unspecified atom stereocenters. The highest BCUT2D eigenvalue weighted by molar-refractivity contribution is 7.93. The number of thiazole rings is 1. The molecule has 1 N–H and O–H groups in total. The molecule has 0 bridgehead atoms. The summed E-state index contributed by atoms with van der Waals surface area (Å²) < 4.78 is 27.1. The Hall–Kier alpha value is -1.91. The van der Waals surface area contributed by atoms with Gasteiger partial charge < -0.3 is 0 Å². The minimum atomic E-state index is -3.77. The highest BCUT2D eigenvalue weighted by Gasteiger charge is 2.22. The number of nitrogens with zero attached hydrogens (tertiary/aromatic N) is 2. The number of hydrogen-bond acceptors (Lipinski definition) is 5. The fraction of sp³-hybridized carbons (Fsp3) is 0.231. The second kappa shape index (κ2) is 4.89. The Balaban J connectivity index is 1.94. The van der Waals surface area contributed by atoms with Crippen molar-refractivity contribution in [3.63, 3.8) is 0 Å². The van der Waals surface area contributed by atoms with E-state index in [2.05, 4.69) is 9.71 Å². The molecule has 0 saturated carbocycles. The lowest BCUT2D eigenvalue weighted by Crippen LogP contribution is -2.14. The molecule has 0 amide bonds. The number of nitriles is 1. The first-order valence-corrected chi connectivity index (χ1v) is 8.40.